The molecule has 0 aromatic heterocycles. The molecule has 1 aliphatic carbocycles. The van der Waals surface area contributed by atoms with Gasteiger partial charge in [-0.3, -0.25) is 5.21 Å². The highest BCUT2D eigenvalue weighted by Gasteiger charge is 2.29. The third-order valence-corrected chi connectivity index (χ3v) is 3.93. The number of aryl methyl sites for hydroxylation is 1. The molecule has 0 heterocycles. The van der Waals surface area contributed by atoms with Crippen molar-refractivity contribution in [2.75, 3.05) is 0 Å². The summed E-state index contributed by atoms with van der Waals surface area (Å²) in [6, 6.07) is 14.5. The maximum absolute atomic E-state index is 11.1. The molecule has 22 heavy (non-hydrogen) atoms. The molecule has 3 rings (SSSR count). The molecule has 2 aromatic carbocycles. The van der Waals surface area contributed by atoms with Crippen LogP contribution in [0.3, 0.4) is 0 Å². The van der Waals surface area contributed by atoms with Crippen molar-refractivity contribution in [2.24, 2.45) is 5.73 Å². The zero-order valence-corrected chi connectivity index (χ0v) is 12.1. The van der Waals surface area contributed by atoms with E-state index in [1.807, 2.05) is 48.5 Å². The number of urea groups is 1. The van der Waals surface area contributed by atoms with E-state index >= 15 is 0 Å². The first-order valence-electron chi connectivity index (χ1n) is 7.22. The number of fused-ring (bicyclic) bond motifs is 1. The van der Waals surface area contributed by atoms with Gasteiger partial charge >= 0.3 is 6.03 Å². The number of carbonyl (C=O) groups excluding carboxylic acids is 1. The molecule has 0 radical (unpaired) electrons. The third kappa shape index (κ3) is 2.89. The summed E-state index contributed by atoms with van der Waals surface area (Å²) in [5, 5.41) is 10.3. The number of primary amides is 1. The van der Waals surface area contributed by atoms with Crippen LogP contribution in [-0.4, -0.2) is 16.3 Å². The number of amides is 2. The van der Waals surface area contributed by atoms with E-state index in [2.05, 4.69) is 0 Å². The van der Waals surface area contributed by atoms with Gasteiger partial charge in [-0.15, -0.1) is 0 Å². The van der Waals surface area contributed by atoms with Gasteiger partial charge in [0.1, 0.15) is 12.4 Å². The molecule has 0 saturated heterocycles. The molecule has 3 N–H and O–H groups in total. The standard InChI is InChI=1S/C17H18N2O3/c18-17(20)19(21)16-9-6-13-10-14(7-8-15(13)16)22-11-12-4-2-1-3-5-12/h1-5,7-8,10,16,21H,6,9,11H2,(H2,18,20)/t16-/m0/s1. The molecular weight excluding hydrogens is 280 g/mol. The van der Waals surface area contributed by atoms with Crippen LogP contribution < -0.4 is 10.5 Å². The van der Waals surface area contributed by atoms with Crippen LogP contribution in [-0.2, 0) is 13.0 Å². The van der Waals surface area contributed by atoms with Gasteiger partial charge in [-0.05, 0) is 41.7 Å². The van der Waals surface area contributed by atoms with E-state index in [0.717, 1.165) is 28.9 Å². The Balaban J connectivity index is 1.71. The van der Waals surface area contributed by atoms with Crippen LogP contribution in [0, 0.1) is 0 Å². The smallest absolute Gasteiger partial charge is 0.339 e. The molecule has 5 heteroatoms. The highest BCUT2D eigenvalue weighted by Crippen LogP contribution is 2.36. The van der Waals surface area contributed by atoms with Crippen LogP contribution in [0.4, 0.5) is 4.79 Å². The van der Waals surface area contributed by atoms with Gasteiger partial charge in [-0.25, -0.2) is 4.79 Å². The lowest BCUT2D eigenvalue weighted by molar-refractivity contribution is -0.0757. The summed E-state index contributed by atoms with van der Waals surface area (Å²) >= 11 is 0. The molecule has 0 bridgehead atoms. The maximum atomic E-state index is 11.1. The minimum atomic E-state index is -0.831. The van der Waals surface area contributed by atoms with E-state index < -0.39 is 6.03 Å². The first-order chi connectivity index (χ1) is 10.6. The van der Waals surface area contributed by atoms with E-state index in [-0.39, 0.29) is 6.04 Å². The summed E-state index contributed by atoms with van der Waals surface area (Å²) in [5.41, 5.74) is 8.24. The maximum Gasteiger partial charge on any atom is 0.339 e. The summed E-state index contributed by atoms with van der Waals surface area (Å²) in [4.78, 5) is 11.1. The van der Waals surface area contributed by atoms with Crippen molar-refractivity contribution in [1.82, 2.24) is 5.06 Å². The van der Waals surface area contributed by atoms with Crippen molar-refractivity contribution in [3.63, 3.8) is 0 Å². The quantitative estimate of drug-likeness (QED) is 0.673. The number of nitrogens with zero attached hydrogens (tertiary/aromatic N) is 1. The number of ether oxygens (including phenoxy) is 1. The number of hydrogen-bond acceptors (Lipinski definition) is 3. The van der Waals surface area contributed by atoms with E-state index in [0.29, 0.717) is 18.1 Å². The van der Waals surface area contributed by atoms with Crippen LogP contribution in [0.1, 0.15) is 29.2 Å². The first kappa shape index (κ1) is 14.4. The molecule has 0 saturated carbocycles. The second kappa shape index (κ2) is 6.07. The minimum absolute atomic E-state index is 0.365. The number of nitrogens with two attached hydrogens (primary N) is 1. The third-order valence-electron chi connectivity index (χ3n) is 3.93. The van der Waals surface area contributed by atoms with Crippen molar-refractivity contribution in [3.8, 4) is 5.75 Å². The van der Waals surface area contributed by atoms with Crippen LogP contribution in [0.2, 0.25) is 0 Å². The average molecular weight is 298 g/mol. The number of carbonyl (C=O) groups is 1. The van der Waals surface area contributed by atoms with Gasteiger partial charge in [-0.1, -0.05) is 36.4 Å². The van der Waals surface area contributed by atoms with Crippen LogP contribution >= 0.6 is 0 Å². The van der Waals surface area contributed by atoms with Gasteiger partial charge in [0.2, 0.25) is 0 Å². The molecule has 1 atom stereocenters. The fraction of sp³-hybridized carbons (Fsp3) is 0.235. The van der Waals surface area contributed by atoms with Crippen molar-refractivity contribution in [1.29, 1.82) is 0 Å². The number of benzene rings is 2. The molecule has 114 valence electrons. The Kier molecular flexibility index (Phi) is 3.98. The summed E-state index contributed by atoms with van der Waals surface area (Å²) < 4.78 is 5.79. The number of rotatable bonds is 4. The van der Waals surface area contributed by atoms with Gasteiger partial charge in [0.05, 0.1) is 6.04 Å². The molecule has 2 amide bonds. The molecule has 2 aromatic rings. The van der Waals surface area contributed by atoms with E-state index in [1.165, 1.54) is 0 Å². The normalized spacial score (nSPS) is 16.1. The Labute approximate surface area is 128 Å². The lowest BCUT2D eigenvalue weighted by atomic mass is 10.1. The van der Waals surface area contributed by atoms with Crippen molar-refractivity contribution >= 4 is 6.03 Å². The summed E-state index contributed by atoms with van der Waals surface area (Å²) in [5.74, 6) is 0.784. The Morgan fingerprint density at radius 1 is 1.27 bits per heavy atom. The van der Waals surface area contributed by atoms with Crippen molar-refractivity contribution in [3.05, 3.63) is 65.2 Å². The molecule has 0 spiro atoms. The van der Waals surface area contributed by atoms with Crippen LogP contribution in [0.5, 0.6) is 5.75 Å². The molecule has 1 aliphatic rings. The molecule has 0 fully saturated rings. The second-order valence-electron chi connectivity index (χ2n) is 5.37. The molecule has 5 nitrogen and oxygen atoms in total. The highest BCUT2D eigenvalue weighted by molar-refractivity contribution is 5.71. The lowest BCUT2D eigenvalue weighted by Gasteiger charge is -2.20. The average Bonchev–Trinajstić information content (AvgIpc) is 2.96. The zero-order valence-electron chi connectivity index (χ0n) is 12.1. The fourth-order valence-electron chi connectivity index (χ4n) is 2.81. The Morgan fingerprint density at radius 3 is 2.77 bits per heavy atom. The lowest BCUT2D eigenvalue weighted by Crippen LogP contribution is -2.35. The Bertz CT molecular complexity index is 673. The van der Waals surface area contributed by atoms with Crippen molar-refractivity contribution in [2.45, 2.75) is 25.5 Å². The molecular formula is C17H18N2O3. The number of hydrogen-bond donors (Lipinski definition) is 2. The predicted molar refractivity (Wildman–Crippen MR) is 81.5 cm³/mol. The fourth-order valence-corrected chi connectivity index (χ4v) is 2.81. The van der Waals surface area contributed by atoms with Gasteiger partial charge in [0.25, 0.3) is 0 Å². The zero-order chi connectivity index (χ0) is 15.5. The van der Waals surface area contributed by atoms with Crippen LogP contribution in [0.15, 0.2) is 48.5 Å². The first-order valence-corrected chi connectivity index (χ1v) is 7.22. The summed E-state index contributed by atoms with van der Waals surface area (Å²) in [6.07, 6.45) is 1.45. The van der Waals surface area contributed by atoms with E-state index in [4.69, 9.17) is 10.5 Å². The number of hydroxylamine groups is 2. The monoisotopic (exact) mass is 298 g/mol. The van der Waals surface area contributed by atoms with Crippen LogP contribution in [0.25, 0.3) is 0 Å². The second-order valence-corrected chi connectivity index (χ2v) is 5.37. The van der Waals surface area contributed by atoms with Gasteiger partial charge in [0, 0.05) is 0 Å². The predicted octanol–water partition coefficient (Wildman–Crippen LogP) is 3.02. The highest BCUT2D eigenvalue weighted by atomic mass is 16.5. The summed E-state index contributed by atoms with van der Waals surface area (Å²) in [7, 11) is 0. The molecule has 0 aliphatic heterocycles. The largest absolute Gasteiger partial charge is 0.489 e. The van der Waals surface area contributed by atoms with Gasteiger partial charge in [0.15, 0.2) is 0 Å². The summed E-state index contributed by atoms with van der Waals surface area (Å²) in [6.45, 7) is 0.510. The van der Waals surface area contributed by atoms with Gasteiger partial charge in [-0.2, -0.15) is 5.06 Å². The van der Waals surface area contributed by atoms with E-state index in [1.54, 1.807) is 0 Å². The van der Waals surface area contributed by atoms with Gasteiger partial charge < -0.3 is 10.5 Å². The molecule has 0 unspecified atom stereocenters. The SMILES string of the molecule is NC(=O)N(O)[C@H]1CCc2cc(OCc3ccccc3)ccc21. The minimum Gasteiger partial charge on any atom is -0.489 e. The van der Waals surface area contributed by atoms with Crippen molar-refractivity contribution < 1.29 is 14.7 Å². The topological polar surface area (TPSA) is 75.8 Å². The Morgan fingerprint density at radius 2 is 2.05 bits per heavy atom. The Hall–Kier alpha value is -2.53. The van der Waals surface area contributed by atoms with E-state index in [9.17, 15) is 10.0 Å².